The van der Waals surface area contributed by atoms with Crippen LogP contribution in [0.5, 0.6) is 0 Å². The largest absolute Gasteiger partial charge is 0.367 e. The minimum Gasteiger partial charge on any atom is -0.367 e. The predicted octanol–water partition coefficient (Wildman–Crippen LogP) is 2.13. The third-order valence-electron chi connectivity index (χ3n) is 4.41. The second kappa shape index (κ2) is 7.15. The number of hydrogen-bond acceptors (Lipinski definition) is 7. The van der Waals surface area contributed by atoms with E-state index in [1.807, 2.05) is 30.3 Å². The monoisotopic (exact) mass is 343 g/mol. The molecule has 7 heteroatoms. The zero-order valence-corrected chi connectivity index (χ0v) is 14.2. The van der Waals surface area contributed by atoms with Gasteiger partial charge in [-0.15, -0.1) is 0 Å². The van der Waals surface area contributed by atoms with Crippen LogP contribution in [0.3, 0.4) is 0 Å². The highest BCUT2D eigenvalue weighted by atomic mass is 15.3. The molecular formula is C19H17N7. The fourth-order valence-electron chi connectivity index (χ4n) is 2.99. The lowest BCUT2D eigenvalue weighted by atomic mass is 10.2. The van der Waals surface area contributed by atoms with E-state index in [2.05, 4.69) is 24.8 Å². The molecule has 0 atom stereocenters. The van der Waals surface area contributed by atoms with E-state index in [9.17, 15) is 0 Å². The fourth-order valence-corrected chi connectivity index (χ4v) is 2.99. The molecule has 0 bridgehead atoms. The topological polar surface area (TPSA) is 81.8 Å². The van der Waals surface area contributed by atoms with E-state index in [1.165, 1.54) is 0 Å². The molecule has 0 amide bonds. The molecule has 0 unspecified atom stereocenters. The summed E-state index contributed by atoms with van der Waals surface area (Å²) in [4.78, 5) is 21.8. The first kappa shape index (κ1) is 16.0. The van der Waals surface area contributed by atoms with E-state index in [0.717, 1.165) is 49.1 Å². The molecule has 1 fully saturated rings. The van der Waals surface area contributed by atoms with Crippen LogP contribution in [-0.2, 0) is 0 Å². The van der Waals surface area contributed by atoms with Crippen molar-refractivity contribution in [3.63, 3.8) is 0 Å². The number of anilines is 2. The van der Waals surface area contributed by atoms with Gasteiger partial charge in [-0.1, -0.05) is 0 Å². The second-order valence-electron chi connectivity index (χ2n) is 5.97. The lowest BCUT2D eigenvalue weighted by Crippen LogP contribution is -2.47. The quantitative estimate of drug-likeness (QED) is 0.720. The van der Waals surface area contributed by atoms with Crippen LogP contribution in [0.1, 0.15) is 5.69 Å². The number of pyridine rings is 2. The maximum absolute atomic E-state index is 8.85. The Bertz CT molecular complexity index is 911. The van der Waals surface area contributed by atoms with Gasteiger partial charge in [0.15, 0.2) is 0 Å². The summed E-state index contributed by atoms with van der Waals surface area (Å²) in [6, 6.07) is 11.6. The maximum atomic E-state index is 8.85. The zero-order chi connectivity index (χ0) is 17.8. The molecule has 3 aromatic heterocycles. The van der Waals surface area contributed by atoms with Crippen LogP contribution in [-0.4, -0.2) is 46.1 Å². The molecule has 0 aromatic carbocycles. The lowest BCUT2D eigenvalue weighted by Gasteiger charge is -2.36. The summed E-state index contributed by atoms with van der Waals surface area (Å²) in [5.41, 5.74) is 3.41. The molecule has 1 aliphatic heterocycles. The van der Waals surface area contributed by atoms with Crippen molar-refractivity contribution in [2.75, 3.05) is 36.0 Å². The molecule has 4 heterocycles. The molecule has 0 radical (unpaired) electrons. The molecule has 26 heavy (non-hydrogen) atoms. The van der Waals surface area contributed by atoms with Crippen LogP contribution in [0.15, 0.2) is 55.1 Å². The summed E-state index contributed by atoms with van der Waals surface area (Å²) in [6.07, 6.45) is 7.09. The Morgan fingerprint density at radius 2 is 1.62 bits per heavy atom. The van der Waals surface area contributed by atoms with Crippen LogP contribution in [0.2, 0.25) is 0 Å². The second-order valence-corrected chi connectivity index (χ2v) is 5.97. The average Bonchev–Trinajstić information content (AvgIpc) is 2.75. The van der Waals surface area contributed by atoms with E-state index in [-0.39, 0.29) is 0 Å². The summed E-state index contributed by atoms with van der Waals surface area (Å²) in [5, 5.41) is 8.85. The van der Waals surface area contributed by atoms with Gasteiger partial charge in [-0.25, -0.2) is 15.0 Å². The van der Waals surface area contributed by atoms with Gasteiger partial charge in [0, 0.05) is 50.3 Å². The van der Waals surface area contributed by atoms with Gasteiger partial charge < -0.3 is 9.80 Å². The van der Waals surface area contributed by atoms with Gasteiger partial charge in [-0.3, -0.25) is 4.98 Å². The molecule has 128 valence electrons. The zero-order valence-electron chi connectivity index (χ0n) is 14.2. The highest BCUT2D eigenvalue weighted by Crippen LogP contribution is 2.21. The maximum Gasteiger partial charge on any atom is 0.225 e. The van der Waals surface area contributed by atoms with Gasteiger partial charge >= 0.3 is 0 Å². The predicted molar refractivity (Wildman–Crippen MR) is 98.6 cm³/mol. The number of piperazine rings is 1. The van der Waals surface area contributed by atoms with Crippen LogP contribution in [0.25, 0.3) is 11.3 Å². The number of hydrogen-bond donors (Lipinski definition) is 0. The van der Waals surface area contributed by atoms with Crippen molar-refractivity contribution in [3.8, 4) is 17.3 Å². The van der Waals surface area contributed by atoms with Crippen molar-refractivity contribution in [3.05, 3.63) is 60.8 Å². The van der Waals surface area contributed by atoms with Crippen molar-refractivity contribution in [2.45, 2.75) is 0 Å². The van der Waals surface area contributed by atoms with Crippen molar-refractivity contribution >= 4 is 11.6 Å². The fraction of sp³-hybridized carbons (Fsp3) is 0.211. The van der Waals surface area contributed by atoms with Gasteiger partial charge in [-0.05, 0) is 30.3 Å². The normalized spacial score (nSPS) is 14.1. The van der Waals surface area contributed by atoms with Crippen LogP contribution < -0.4 is 9.80 Å². The Balaban J connectivity index is 1.45. The first-order chi connectivity index (χ1) is 12.8. The lowest BCUT2D eigenvalue weighted by molar-refractivity contribution is 0.639. The third-order valence-corrected chi connectivity index (χ3v) is 4.41. The van der Waals surface area contributed by atoms with E-state index in [1.54, 1.807) is 30.9 Å². The molecule has 0 aliphatic carbocycles. The van der Waals surface area contributed by atoms with Crippen molar-refractivity contribution in [1.82, 2.24) is 19.9 Å². The molecule has 0 saturated carbocycles. The Labute approximate surface area is 151 Å². The van der Waals surface area contributed by atoms with Crippen molar-refractivity contribution in [2.24, 2.45) is 0 Å². The minimum absolute atomic E-state index is 0.439. The third kappa shape index (κ3) is 3.30. The molecule has 7 nitrogen and oxygen atoms in total. The SMILES string of the molecule is N#Cc1ccc(N2CCN(c3nccc(-c4ccncc4)n3)CC2)cn1. The Morgan fingerprint density at radius 3 is 2.31 bits per heavy atom. The van der Waals surface area contributed by atoms with Crippen molar-refractivity contribution < 1.29 is 0 Å². The molecule has 0 N–H and O–H groups in total. The highest BCUT2D eigenvalue weighted by Gasteiger charge is 2.19. The first-order valence-electron chi connectivity index (χ1n) is 8.43. The number of nitrogens with zero attached hydrogens (tertiary/aromatic N) is 7. The first-order valence-corrected chi connectivity index (χ1v) is 8.43. The summed E-state index contributed by atoms with van der Waals surface area (Å²) >= 11 is 0. The van der Waals surface area contributed by atoms with Crippen LogP contribution in [0, 0.1) is 11.3 Å². The molecular weight excluding hydrogens is 326 g/mol. The van der Waals surface area contributed by atoms with Crippen LogP contribution in [0.4, 0.5) is 11.6 Å². The van der Waals surface area contributed by atoms with E-state index >= 15 is 0 Å². The summed E-state index contributed by atoms with van der Waals surface area (Å²) in [6.45, 7) is 3.38. The molecule has 4 rings (SSSR count). The Morgan fingerprint density at radius 1 is 0.846 bits per heavy atom. The summed E-state index contributed by atoms with van der Waals surface area (Å²) in [7, 11) is 0. The summed E-state index contributed by atoms with van der Waals surface area (Å²) in [5.74, 6) is 0.747. The standard InChI is InChI=1S/C19H17N7/c20-13-16-1-2-17(14-23-16)25-9-11-26(12-10-25)19-22-8-5-18(24-19)15-3-6-21-7-4-15/h1-8,14H,9-12H2. The smallest absolute Gasteiger partial charge is 0.225 e. The van der Waals surface area contributed by atoms with E-state index < -0.39 is 0 Å². The molecule has 1 aliphatic rings. The summed E-state index contributed by atoms with van der Waals surface area (Å²) < 4.78 is 0. The minimum atomic E-state index is 0.439. The molecule has 1 saturated heterocycles. The van der Waals surface area contributed by atoms with Crippen molar-refractivity contribution in [1.29, 1.82) is 5.26 Å². The highest BCUT2D eigenvalue weighted by molar-refractivity contribution is 5.59. The van der Waals surface area contributed by atoms with Gasteiger partial charge in [-0.2, -0.15) is 5.26 Å². The van der Waals surface area contributed by atoms with Gasteiger partial charge in [0.1, 0.15) is 11.8 Å². The van der Waals surface area contributed by atoms with E-state index in [4.69, 9.17) is 10.2 Å². The number of nitriles is 1. The van der Waals surface area contributed by atoms with Gasteiger partial charge in [0.2, 0.25) is 5.95 Å². The van der Waals surface area contributed by atoms with Gasteiger partial charge in [0.05, 0.1) is 17.6 Å². The van der Waals surface area contributed by atoms with Crippen LogP contribution >= 0.6 is 0 Å². The van der Waals surface area contributed by atoms with Gasteiger partial charge in [0.25, 0.3) is 0 Å². The average molecular weight is 343 g/mol. The molecule has 0 spiro atoms. The van der Waals surface area contributed by atoms with E-state index in [0.29, 0.717) is 5.69 Å². The molecule has 3 aromatic rings. The Kier molecular flexibility index (Phi) is 4.39. The number of aromatic nitrogens is 4. The number of rotatable bonds is 3. The Hall–Kier alpha value is -3.53.